The molecule has 1 aromatic carbocycles. The number of nitrogens with zero attached hydrogens (tertiary/aromatic N) is 3. The highest BCUT2D eigenvalue weighted by Gasteiger charge is 2.23. The highest BCUT2D eigenvalue weighted by atomic mass is 16.2. The predicted molar refractivity (Wildman–Crippen MR) is 106 cm³/mol. The van der Waals surface area contributed by atoms with Crippen LogP contribution < -0.4 is 16.0 Å². The van der Waals surface area contributed by atoms with Crippen molar-refractivity contribution in [2.45, 2.75) is 25.8 Å². The zero-order valence-electron chi connectivity index (χ0n) is 15.6. The van der Waals surface area contributed by atoms with Gasteiger partial charge in [0.05, 0.1) is 11.9 Å². The van der Waals surface area contributed by atoms with Crippen molar-refractivity contribution in [1.29, 1.82) is 0 Å². The van der Waals surface area contributed by atoms with Gasteiger partial charge in [-0.1, -0.05) is 12.1 Å². The van der Waals surface area contributed by atoms with E-state index in [9.17, 15) is 9.59 Å². The molecule has 0 radical (unpaired) electrons. The number of nitrogens with one attached hydrogen (secondary N) is 3. The fraction of sp³-hybridized carbons (Fsp3) is 0.300. The number of amides is 2. The van der Waals surface area contributed by atoms with Crippen LogP contribution in [0.25, 0.3) is 16.9 Å². The van der Waals surface area contributed by atoms with E-state index in [1.165, 1.54) is 6.92 Å². The summed E-state index contributed by atoms with van der Waals surface area (Å²) < 4.78 is 1.95. The Morgan fingerprint density at radius 3 is 2.64 bits per heavy atom. The Morgan fingerprint density at radius 1 is 1.14 bits per heavy atom. The molecule has 0 aliphatic heterocycles. The lowest BCUT2D eigenvalue weighted by molar-refractivity contribution is -0.118. The van der Waals surface area contributed by atoms with E-state index in [0.29, 0.717) is 36.2 Å². The van der Waals surface area contributed by atoms with Crippen LogP contribution in [-0.4, -0.2) is 45.3 Å². The Morgan fingerprint density at radius 2 is 1.93 bits per heavy atom. The van der Waals surface area contributed by atoms with Crippen LogP contribution in [0.3, 0.4) is 0 Å². The number of aromatic nitrogens is 3. The molecule has 1 aliphatic rings. The van der Waals surface area contributed by atoms with Gasteiger partial charge in [-0.25, -0.2) is 9.97 Å². The van der Waals surface area contributed by atoms with Crippen molar-refractivity contribution in [3.8, 4) is 11.3 Å². The van der Waals surface area contributed by atoms with Crippen LogP contribution in [0.4, 0.5) is 5.82 Å². The normalized spacial score (nSPS) is 13.3. The van der Waals surface area contributed by atoms with Gasteiger partial charge in [0.1, 0.15) is 0 Å². The molecule has 2 amide bonds. The highest BCUT2D eigenvalue weighted by Crippen LogP contribution is 2.24. The molecule has 8 nitrogen and oxygen atoms in total. The van der Waals surface area contributed by atoms with Crippen molar-refractivity contribution in [1.82, 2.24) is 25.0 Å². The van der Waals surface area contributed by atoms with Crippen molar-refractivity contribution >= 4 is 23.3 Å². The third-order valence-electron chi connectivity index (χ3n) is 4.57. The summed E-state index contributed by atoms with van der Waals surface area (Å²) in [6.07, 6.45) is 7.48. The van der Waals surface area contributed by atoms with Crippen molar-refractivity contribution in [3.05, 3.63) is 48.4 Å². The first-order valence-corrected chi connectivity index (χ1v) is 9.33. The Balaban J connectivity index is 1.51. The molecule has 0 saturated heterocycles. The molecule has 1 saturated carbocycles. The topological polar surface area (TPSA) is 100 Å². The van der Waals surface area contributed by atoms with Crippen molar-refractivity contribution < 1.29 is 9.59 Å². The number of benzene rings is 1. The van der Waals surface area contributed by atoms with E-state index in [-0.39, 0.29) is 11.8 Å². The zero-order valence-corrected chi connectivity index (χ0v) is 15.6. The van der Waals surface area contributed by atoms with Crippen molar-refractivity contribution in [2.24, 2.45) is 0 Å². The summed E-state index contributed by atoms with van der Waals surface area (Å²) in [5, 5.41) is 8.92. The van der Waals surface area contributed by atoms with Crippen LogP contribution in [0.2, 0.25) is 0 Å². The predicted octanol–water partition coefficient (Wildman–Crippen LogP) is 1.84. The zero-order chi connectivity index (χ0) is 19.5. The molecule has 144 valence electrons. The van der Waals surface area contributed by atoms with E-state index in [4.69, 9.17) is 0 Å². The number of hydrogen-bond donors (Lipinski definition) is 3. The standard InChI is InChI=1S/C20H22N6O2/c1-13(27)21-8-9-22-18-19-24-12-17(26(19)11-10-23-18)14-2-4-15(5-3-14)20(28)25-16-6-7-16/h2-5,10-12,16H,6-9H2,1H3,(H,21,27)(H,22,23)(H,25,28). The van der Waals surface area contributed by atoms with Gasteiger partial charge in [-0.05, 0) is 25.0 Å². The first-order valence-electron chi connectivity index (χ1n) is 9.33. The van der Waals surface area contributed by atoms with Gasteiger partial charge in [-0.2, -0.15) is 0 Å². The molecule has 8 heteroatoms. The fourth-order valence-electron chi connectivity index (χ4n) is 2.97. The average molecular weight is 378 g/mol. The van der Waals surface area contributed by atoms with Crippen LogP contribution in [0, 0.1) is 0 Å². The van der Waals surface area contributed by atoms with Gasteiger partial charge in [0.15, 0.2) is 11.5 Å². The Labute approximate surface area is 162 Å². The number of rotatable bonds is 7. The van der Waals surface area contributed by atoms with Crippen LogP contribution in [-0.2, 0) is 4.79 Å². The summed E-state index contributed by atoms with van der Waals surface area (Å²) in [4.78, 5) is 31.9. The second-order valence-corrected chi connectivity index (χ2v) is 6.85. The molecule has 1 fully saturated rings. The van der Waals surface area contributed by atoms with Gasteiger partial charge >= 0.3 is 0 Å². The van der Waals surface area contributed by atoms with E-state index < -0.39 is 0 Å². The molecule has 0 atom stereocenters. The first kappa shape index (κ1) is 18.0. The van der Waals surface area contributed by atoms with Crippen LogP contribution in [0.5, 0.6) is 0 Å². The lowest BCUT2D eigenvalue weighted by atomic mass is 10.1. The number of carbonyl (C=O) groups excluding carboxylic acids is 2. The second kappa shape index (κ2) is 7.67. The van der Waals surface area contributed by atoms with Gasteiger partial charge in [0.2, 0.25) is 5.91 Å². The number of carbonyl (C=O) groups is 2. The van der Waals surface area contributed by atoms with Crippen LogP contribution >= 0.6 is 0 Å². The van der Waals surface area contributed by atoms with E-state index in [1.807, 2.05) is 34.9 Å². The summed E-state index contributed by atoms with van der Waals surface area (Å²) in [6.45, 7) is 2.55. The lowest BCUT2D eigenvalue weighted by Gasteiger charge is -2.08. The van der Waals surface area contributed by atoms with E-state index in [1.54, 1.807) is 12.4 Å². The van der Waals surface area contributed by atoms with Gasteiger partial charge in [0.25, 0.3) is 5.91 Å². The molecule has 2 heterocycles. The molecule has 1 aliphatic carbocycles. The van der Waals surface area contributed by atoms with Crippen molar-refractivity contribution in [2.75, 3.05) is 18.4 Å². The molecule has 0 unspecified atom stereocenters. The SMILES string of the molecule is CC(=O)NCCNc1nccn2c(-c3ccc(C(=O)NC4CC4)cc3)cnc12. The van der Waals surface area contributed by atoms with Crippen LogP contribution in [0.1, 0.15) is 30.1 Å². The smallest absolute Gasteiger partial charge is 0.251 e. The summed E-state index contributed by atoms with van der Waals surface area (Å²) in [7, 11) is 0. The molecule has 3 aromatic rings. The minimum Gasteiger partial charge on any atom is -0.365 e. The molecule has 3 N–H and O–H groups in total. The number of fused-ring (bicyclic) bond motifs is 1. The molecule has 28 heavy (non-hydrogen) atoms. The van der Waals surface area contributed by atoms with E-state index >= 15 is 0 Å². The molecular weight excluding hydrogens is 356 g/mol. The second-order valence-electron chi connectivity index (χ2n) is 6.85. The minimum atomic E-state index is -0.0645. The summed E-state index contributed by atoms with van der Waals surface area (Å²) in [5.74, 6) is 0.562. The maximum absolute atomic E-state index is 12.1. The van der Waals surface area contributed by atoms with Gasteiger partial charge in [0, 0.05) is 49.6 Å². The number of imidazole rings is 1. The van der Waals surface area contributed by atoms with Crippen LogP contribution in [0.15, 0.2) is 42.9 Å². The Kier molecular flexibility index (Phi) is 4.92. The Bertz CT molecular complexity index is 1010. The molecular formula is C20H22N6O2. The average Bonchev–Trinajstić information content (AvgIpc) is 3.40. The maximum Gasteiger partial charge on any atom is 0.251 e. The quantitative estimate of drug-likeness (QED) is 0.545. The van der Waals surface area contributed by atoms with Gasteiger partial charge in [-0.3, -0.25) is 14.0 Å². The van der Waals surface area contributed by atoms with Gasteiger partial charge in [-0.15, -0.1) is 0 Å². The van der Waals surface area contributed by atoms with E-state index in [2.05, 4.69) is 25.9 Å². The highest BCUT2D eigenvalue weighted by molar-refractivity contribution is 5.95. The minimum absolute atomic E-state index is 0.0259. The molecule has 2 aromatic heterocycles. The Hall–Kier alpha value is -3.42. The third kappa shape index (κ3) is 3.95. The van der Waals surface area contributed by atoms with Gasteiger partial charge < -0.3 is 16.0 Å². The fourth-order valence-corrected chi connectivity index (χ4v) is 2.97. The summed E-state index contributed by atoms with van der Waals surface area (Å²) in [5.41, 5.74) is 3.24. The lowest BCUT2D eigenvalue weighted by Crippen LogP contribution is -2.26. The largest absolute Gasteiger partial charge is 0.365 e. The molecule has 0 bridgehead atoms. The third-order valence-corrected chi connectivity index (χ3v) is 4.57. The summed E-state index contributed by atoms with van der Waals surface area (Å²) >= 11 is 0. The monoisotopic (exact) mass is 378 g/mol. The van der Waals surface area contributed by atoms with Crippen molar-refractivity contribution in [3.63, 3.8) is 0 Å². The maximum atomic E-state index is 12.1. The number of anilines is 1. The van der Waals surface area contributed by atoms with E-state index in [0.717, 1.165) is 24.1 Å². The molecule has 4 rings (SSSR count). The molecule has 0 spiro atoms. The number of hydrogen-bond acceptors (Lipinski definition) is 5. The first-order chi connectivity index (χ1) is 13.6. The summed E-state index contributed by atoms with van der Waals surface area (Å²) in [6, 6.07) is 7.86.